The number of benzene rings is 9. The molecule has 0 radical (unpaired) electrons. The molecule has 9 aromatic carbocycles. The van der Waals surface area contributed by atoms with Crippen LogP contribution in [0.15, 0.2) is 182 Å². The van der Waals surface area contributed by atoms with Crippen molar-refractivity contribution < 1.29 is 0 Å². The first-order valence-corrected chi connectivity index (χ1v) is 24.2. The summed E-state index contributed by atoms with van der Waals surface area (Å²) in [6.45, 7) is 13.7. The van der Waals surface area contributed by atoms with Crippen LogP contribution in [0.5, 0.6) is 0 Å². The topological polar surface area (TPSA) is 40.1 Å². The van der Waals surface area contributed by atoms with E-state index in [-0.39, 0.29) is 17.5 Å². The normalized spacial score (nSPS) is 13.6. The molecule has 2 aromatic heterocycles. The zero-order valence-corrected chi connectivity index (χ0v) is 39.6. The van der Waals surface area contributed by atoms with Crippen molar-refractivity contribution in [1.29, 1.82) is 5.26 Å². The smallest absolute Gasteiger partial charge is 0.252 e. The van der Waals surface area contributed by atoms with Crippen molar-refractivity contribution in [3.63, 3.8) is 0 Å². The van der Waals surface area contributed by atoms with E-state index in [4.69, 9.17) is 0 Å². The highest BCUT2D eigenvalue weighted by molar-refractivity contribution is 7.00. The first-order chi connectivity index (χ1) is 33.5. The number of aromatic nitrogens is 2. The second-order valence-electron chi connectivity index (χ2n) is 21.3. The Morgan fingerprint density at radius 3 is 1.71 bits per heavy atom. The van der Waals surface area contributed by atoms with Crippen LogP contribution in [0.4, 0.5) is 34.1 Å². The molecule has 0 unspecified atom stereocenters. The number of hydrogen-bond donors (Lipinski definition) is 0. The lowest BCUT2D eigenvalue weighted by molar-refractivity contribution is 0.590. The molecular formula is C63H48BN5. The monoisotopic (exact) mass is 885 g/mol. The Labute approximate surface area is 402 Å². The minimum atomic E-state index is -0.109. The minimum absolute atomic E-state index is 0.00407. The Hall–Kier alpha value is -8.27. The van der Waals surface area contributed by atoms with Crippen LogP contribution in [0, 0.1) is 11.3 Å². The second-order valence-corrected chi connectivity index (χ2v) is 21.3. The summed E-state index contributed by atoms with van der Waals surface area (Å²) in [6.07, 6.45) is 0. The fourth-order valence-corrected chi connectivity index (χ4v) is 12.0. The lowest BCUT2D eigenvalue weighted by atomic mass is 9.33. The Morgan fingerprint density at radius 1 is 0.420 bits per heavy atom. The molecule has 3 aliphatic heterocycles. The quantitative estimate of drug-likeness (QED) is 0.166. The molecule has 14 rings (SSSR count). The van der Waals surface area contributed by atoms with E-state index in [2.05, 4.69) is 249 Å². The molecule has 328 valence electrons. The predicted octanol–water partition coefficient (Wildman–Crippen LogP) is 14.4. The van der Waals surface area contributed by atoms with Gasteiger partial charge >= 0.3 is 0 Å². The fourth-order valence-electron chi connectivity index (χ4n) is 12.0. The summed E-state index contributed by atoms with van der Waals surface area (Å²) in [7, 11) is 0. The van der Waals surface area contributed by atoms with E-state index in [9.17, 15) is 5.26 Å². The zero-order chi connectivity index (χ0) is 46.7. The van der Waals surface area contributed by atoms with Crippen LogP contribution in [0.3, 0.4) is 0 Å². The van der Waals surface area contributed by atoms with Crippen molar-refractivity contribution in [3.8, 4) is 28.6 Å². The average molecular weight is 886 g/mol. The number of para-hydroxylation sites is 3. The van der Waals surface area contributed by atoms with Crippen LogP contribution in [-0.2, 0) is 10.8 Å². The highest BCUT2D eigenvalue weighted by atomic mass is 15.2. The summed E-state index contributed by atoms with van der Waals surface area (Å²) < 4.78 is 4.95. The highest BCUT2D eigenvalue weighted by Gasteiger charge is 2.46. The number of fused-ring (bicyclic) bond motifs is 12. The summed E-state index contributed by atoms with van der Waals surface area (Å²) in [5.74, 6) is 0. The standard InChI is InChI=1S/C63H48BN5/c1-62(2,3)41-24-30-52-47(34-41)48-35-42(63(4,5)6)25-31-53(48)67(52)44-28-29-49-56(36-44)66(43-26-22-40(23-27-43)39-14-8-7-9-15-39)57-32-38(37-65)33-58-59(57)64(49)50-18-13-21-55-61(50)69(58)54-20-12-17-46-45-16-10-11-19-51(45)68(55)60(46)54/h7-36H,1-6H3. The van der Waals surface area contributed by atoms with Gasteiger partial charge in [0.1, 0.15) is 0 Å². The number of anilines is 6. The zero-order valence-electron chi connectivity index (χ0n) is 39.6. The van der Waals surface area contributed by atoms with E-state index in [1.165, 1.54) is 82.4 Å². The van der Waals surface area contributed by atoms with Crippen LogP contribution in [0.25, 0.3) is 66.1 Å². The second kappa shape index (κ2) is 13.9. The van der Waals surface area contributed by atoms with Gasteiger partial charge in [0.2, 0.25) is 0 Å². The number of hydrogen-bond acceptors (Lipinski definition) is 3. The first kappa shape index (κ1) is 39.9. The van der Waals surface area contributed by atoms with Crippen LogP contribution in [0.2, 0.25) is 0 Å². The third-order valence-electron chi connectivity index (χ3n) is 15.3. The van der Waals surface area contributed by atoms with Gasteiger partial charge in [-0.1, -0.05) is 145 Å². The molecule has 0 bridgehead atoms. The molecule has 0 saturated heterocycles. The third-order valence-corrected chi connectivity index (χ3v) is 15.3. The first-order valence-electron chi connectivity index (χ1n) is 24.2. The largest absolute Gasteiger partial charge is 0.311 e. The van der Waals surface area contributed by atoms with E-state index >= 15 is 0 Å². The van der Waals surface area contributed by atoms with E-state index in [1.807, 2.05) is 0 Å². The van der Waals surface area contributed by atoms with Gasteiger partial charge in [0, 0.05) is 50.0 Å². The van der Waals surface area contributed by atoms with Crippen molar-refractivity contribution in [2.24, 2.45) is 0 Å². The van der Waals surface area contributed by atoms with Gasteiger partial charge < -0.3 is 18.9 Å². The van der Waals surface area contributed by atoms with Gasteiger partial charge in [-0.15, -0.1) is 0 Å². The fraction of sp³-hybridized carbons (Fsp3) is 0.127. The van der Waals surface area contributed by atoms with Crippen molar-refractivity contribution in [2.45, 2.75) is 52.4 Å². The van der Waals surface area contributed by atoms with Gasteiger partial charge in [-0.25, -0.2) is 0 Å². The predicted molar refractivity (Wildman–Crippen MR) is 290 cm³/mol. The maximum absolute atomic E-state index is 11.0. The van der Waals surface area contributed by atoms with Gasteiger partial charge in [-0.05, 0) is 128 Å². The third kappa shape index (κ3) is 5.53. The van der Waals surface area contributed by atoms with Crippen molar-refractivity contribution >= 4 is 101 Å². The summed E-state index contributed by atoms with van der Waals surface area (Å²) in [5.41, 5.74) is 22.7. The summed E-state index contributed by atoms with van der Waals surface area (Å²) in [5, 5.41) is 16.0. The van der Waals surface area contributed by atoms with Gasteiger partial charge in [0.25, 0.3) is 6.71 Å². The maximum atomic E-state index is 11.0. The van der Waals surface area contributed by atoms with Crippen LogP contribution < -0.4 is 26.2 Å². The lowest BCUT2D eigenvalue weighted by Crippen LogP contribution is -2.61. The Balaban J connectivity index is 1.07. The molecule has 5 heterocycles. The Bertz CT molecular complexity index is 3990. The molecule has 0 spiro atoms. The maximum Gasteiger partial charge on any atom is 0.252 e. The molecule has 5 nitrogen and oxygen atoms in total. The highest BCUT2D eigenvalue weighted by Crippen LogP contribution is 2.52. The SMILES string of the molecule is CC(C)(C)c1ccc2c(c1)c1cc(C(C)(C)C)ccc1n2-c1ccc2c(c1)N(c1ccc(-c3ccccc3)cc1)c1cc(C#N)cc3c1B2c1cccc2c1N3c1cccc3c4ccccc4n-2c13. The molecular weight excluding hydrogens is 838 g/mol. The van der Waals surface area contributed by atoms with E-state index in [0.29, 0.717) is 5.56 Å². The summed E-state index contributed by atoms with van der Waals surface area (Å²) in [6, 6.07) is 70.1. The molecule has 6 heteroatoms. The van der Waals surface area contributed by atoms with E-state index in [0.717, 1.165) is 45.4 Å². The molecule has 0 aliphatic carbocycles. The summed E-state index contributed by atoms with van der Waals surface area (Å²) in [4.78, 5) is 4.90. The van der Waals surface area contributed by atoms with Crippen molar-refractivity contribution in [3.05, 3.63) is 199 Å². The van der Waals surface area contributed by atoms with Gasteiger partial charge in [0.15, 0.2) is 0 Å². The van der Waals surface area contributed by atoms with Crippen LogP contribution >= 0.6 is 0 Å². The minimum Gasteiger partial charge on any atom is -0.311 e. The Kier molecular flexibility index (Phi) is 8.03. The molecule has 3 aliphatic rings. The molecule has 0 fully saturated rings. The number of rotatable bonds is 3. The summed E-state index contributed by atoms with van der Waals surface area (Å²) >= 11 is 0. The van der Waals surface area contributed by atoms with Crippen molar-refractivity contribution in [2.75, 3.05) is 9.80 Å². The lowest BCUT2D eigenvalue weighted by Gasteiger charge is -2.46. The average Bonchev–Trinajstić information content (AvgIpc) is 3.88. The number of nitriles is 1. The van der Waals surface area contributed by atoms with E-state index in [1.54, 1.807) is 0 Å². The molecule has 0 atom stereocenters. The van der Waals surface area contributed by atoms with Crippen LogP contribution in [-0.4, -0.2) is 15.8 Å². The molecule has 0 N–H and O–H groups in total. The molecule has 69 heavy (non-hydrogen) atoms. The molecule has 0 saturated carbocycles. The van der Waals surface area contributed by atoms with E-state index < -0.39 is 0 Å². The van der Waals surface area contributed by atoms with Gasteiger partial charge in [-0.3, -0.25) is 0 Å². The Morgan fingerprint density at radius 2 is 1.01 bits per heavy atom. The molecule has 0 amide bonds. The van der Waals surface area contributed by atoms with Gasteiger partial charge in [-0.2, -0.15) is 5.26 Å². The molecule has 11 aromatic rings. The van der Waals surface area contributed by atoms with Crippen molar-refractivity contribution in [1.82, 2.24) is 9.13 Å². The number of nitrogens with zero attached hydrogens (tertiary/aromatic N) is 5. The van der Waals surface area contributed by atoms with Crippen LogP contribution in [0.1, 0.15) is 58.2 Å². The van der Waals surface area contributed by atoms with Gasteiger partial charge in [0.05, 0.1) is 50.8 Å².